The van der Waals surface area contributed by atoms with Gasteiger partial charge in [0.05, 0.1) is 6.61 Å². The second kappa shape index (κ2) is 11.7. The van der Waals surface area contributed by atoms with Gasteiger partial charge in [0.15, 0.2) is 0 Å². The number of nitrogens with one attached hydrogen (secondary N) is 1. The number of hydrogen-bond acceptors (Lipinski definition) is 5. The summed E-state index contributed by atoms with van der Waals surface area (Å²) in [6, 6.07) is 9.59. The molecule has 7 heteroatoms. The summed E-state index contributed by atoms with van der Waals surface area (Å²) in [5.41, 5.74) is 6.40. The Bertz CT molecular complexity index is 546. The van der Waals surface area contributed by atoms with Crippen LogP contribution in [0.15, 0.2) is 30.3 Å². The van der Waals surface area contributed by atoms with E-state index in [9.17, 15) is 9.59 Å². The van der Waals surface area contributed by atoms with Crippen molar-refractivity contribution in [2.45, 2.75) is 57.6 Å². The summed E-state index contributed by atoms with van der Waals surface area (Å²) in [5, 5.41) is 2.63. The number of rotatable bonds is 11. The molecule has 1 amide bonds. The Hall–Kier alpha value is -1.86. The second-order valence-corrected chi connectivity index (χ2v) is 13.1. The van der Waals surface area contributed by atoms with Gasteiger partial charge in [-0.05, 0) is 37.4 Å². The quantitative estimate of drug-likeness (QED) is 0.349. The second-order valence-electron chi connectivity index (χ2n) is 7.52. The average Bonchev–Trinajstić information content (AvgIpc) is 2.59. The smallest absolute Gasteiger partial charge is 0.408 e. The van der Waals surface area contributed by atoms with E-state index in [-0.39, 0.29) is 6.61 Å². The number of alkyl carbamates (subject to hydrolysis) is 1. The maximum Gasteiger partial charge on any atom is 0.408 e. The van der Waals surface area contributed by atoms with E-state index in [1.165, 1.54) is 0 Å². The van der Waals surface area contributed by atoms with Gasteiger partial charge >= 0.3 is 12.1 Å². The van der Waals surface area contributed by atoms with Crippen LogP contribution in [0.1, 0.15) is 24.8 Å². The molecule has 0 spiro atoms. The van der Waals surface area contributed by atoms with Crippen LogP contribution >= 0.6 is 0 Å². The Kier molecular flexibility index (Phi) is 9.98. The first-order valence-electron chi connectivity index (χ1n) is 9.16. The van der Waals surface area contributed by atoms with Crippen molar-refractivity contribution < 1.29 is 19.1 Å². The first-order valence-corrected chi connectivity index (χ1v) is 12.9. The van der Waals surface area contributed by atoms with Gasteiger partial charge in [-0.15, -0.1) is 0 Å². The van der Waals surface area contributed by atoms with Gasteiger partial charge in [-0.3, -0.25) is 0 Å². The van der Waals surface area contributed by atoms with Gasteiger partial charge < -0.3 is 20.5 Å². The van der Waals surface area contributed by atoms with Gasteiger partial charge in [-0.25, -0.2) is 9.59 Å². The van der Waals surface area contributed by atoms with E-state index >= 15 is 0 Å². The molecule has 0 bridgehead atoms. The number of ether oxygens (including phenoxy) is 2. The van der Waals surface area contributed by atoms with E-state index < -0.39 is 26.2 Å². The SMILES string of the molecule is C[Si](C)(C)CCOC(=O)C(CCCCN)NC(=O)OCc1ccccc1. The Morgan fingerprint density at radius 2 is 1.81 bits per heavy atom. The number of amides is 1. The first-order chi connectivity index (χ1) is 12.3. The maximum absolute atomic E-state index is 12.3. The summed E-state index contributed by atoms with van der Waals surface area (Å²) in [7, 11) is -1.28. The van der Waals surface area contributed by atoms with Crippen LogP contribution < -0.4 is 11.1 Å². The predicted molar refractivity (Wildman–Crippen MR) is 106 cm³/mol. The number of benzene rings is 1. The van der Waals surface area contributed by atoms with Crippen LogP contribution in [-0.2, 0) is 20.9 Å². The van der Waals surface area contributed by atoms with Gasteiger partial charge in [0, 0.05) is 8.07 Å². The molecule has 0 aliphatic rings. The zero-order chi connectivity index (χ0) is 19.4. The molecule has 26 heavy (non-hydrogen) atoms. The minimum Gasteiger partial charge on any atom is -0.464 e. The number of nitrogens with two attached hydrogens (primary N) is 1. The number of esters is 1. The number of unbranched alkanes of at least 4 members (excludes halogenated alkanes) is 1. The highest BCUT2D eigenvalue weighted by Gasteiger charge is 2.23. The molecule has 0 saturated heterocycles. The molecule has 0 radical (unpaired) electrons. The third-order valence-electron chi connectivity index (χ3n) is 3.83. The predicted octanol–water partition coefficient (Wildman–Crippen LogP) is 3.29. The Morgan fingerprint density at radius 3 is 2.42 bits per heavy atom. The molecule has 6 nitrogen and oxygen atoms in total. The van der Waals surface area contributed by atoms with Crippen molar-refractivity contribution in [2.75, 3.05) is 13.2 Å². The minimum absolute atomic E-state index is 0.160. The van der Waals surface area contributed by atoms with Crippen LogP contribution in [0.2, 0.25) is 25.7 Å². The molecular weight excluding hydrogens is 348 g/mol. The van der Waals surface area contributed by atoms with Crippen molar-refractivity contribution >= 4 is 20.1 Å². The standard InChI is InChI=1S/C19H32N2O4Si/c1-26(2,3)14-13-24-18(22)17(11-7-8-12-20)21-19(23)25-15-16-9-5-4-6-10-16/h4-6,9-10,17H,7-8,11-15,20H2,1-3H3,(H,21,23). The fraction of sp³-hybridized carbons (Fsp3) is 0.579. The minimum atomic E-state index is -1.28. The van der Waals surface area contributed by atoms with E-state index in [0.717, 1.165) is 24.4 Å². The first kappa shape index (κ1) is 22.2. The average molecular weight is 381 g/mol. The van der Waals surface area contributed by atoms with Crippen molar-refractivity contribution in [2.24, 2.45) is 5.73 Å². The molecule has 0 aliphatic carbocycles. The zero-order valence-electron chi connectivity index (χ0n) is 16.1. The summed E-state index contributed by atoms with van der Waals surface area (Å²) < 4.78 is 10.6. The van der Waals surface area contributed by atoms with Crippen LogP contribution in [-0.4, -0.2) is 39.3 Å². The monoisotopic (exact) mass is 380 g/mol. The molecule has 0 aliphatic heterocycles. The molecule has 1 atom stereocenters. The number of carbonyl (C=O) groups is 2. The highest BCUT2D eigenvalue weighted by Crippen LogP contribution is 2.10. The lowest BCUT2D eigenvalue weighted by atomic mass is 10.1. The molecular formula is C19H32N2O4Si. The Labute approximate surface area is 157 Å². The molecule has 1 aromatic rings. The molecule has 1 unspecified atom stereocenters. The van der Waals surface area contributed by atoms with Gasteiger partial charge in [-0.2, -0.15) is 0 Å². The fourth-order valence-corrected chi connectivity index (χ4v) is 2.92. The largest absolute Gasteiger partial charge is 0.464 e. The lowest BCUT2D eigenvalue weighted by Gasteiger charge is -2.20. The molecule has 1 rings (SSSR count). The topological polar surface area (TPSA) is 90.6 Å². The lowest BCUT2D eigenvalue weighted by Crippen LogP contribution is -2.42. The summed E-state index contributed by atoms with van der Waals surface area (Å²) >= 11 is 0. The summed E-state index contributed by atoms with van der Waals surface area (Å²) in [5.74, 6) is -0.406. The normalized spacial score (nSPS) is 12.3. The van der Waals surface area contributed by atoms with Crippen LogP contribution in [0, 0.1) is 0 Å². The molecule has 0 aromatic heterocycles. The zero-order valence-corrected chi connectivity index (χ0v) is 17.1. The van der Waals surface area contributed by atoms with Crippen LogP contribution in [0.3, 0.4) is 0 Å². The lowest BCUT2D eigenvalue weighted by molar-refractivity contribution is -0.145. The van der Waals surface area contributed by atoms with E-state index in [1.54, 1.807) is 0 Å². The highest BCUT2D eigenvalue weighted by atomic mass is 28.3. The highest BCUT2D eigenvalue weighted by molar-refractivity contribution is 6.76. The molecule has 0 saturated carbocycles. The van der Waals surface area contributed by atoms with Crippen LogP contribution in [0.5, 0.6) is 0 Å². The van der Waals surface area contributed by atoms with Crippen LogP contribution in [0.4, 0.5) is 4.79 Å². The number of hydrogen-bond donors (Lipinski definition) is 2. The van der Waals surface area contributed by atoms with Crippen molar-refractivity contribution in [3.05, 3.63) is 35.9 Å². The Balaban J connectivity index is 2.49. The van der Waals surface area contributed by atoms with Crippen molar-refractivity contribution in [3.8, 4) is 0 Å². The third-order valence-corrected chi connectivity index (χ3v) is 5.54. The fourth-order valence-electron chi connectivity index (χ4n) is 2.21. The molecule has 146 valence electrons. The Morgan fingerprint density at radius 1 is 1.12 bits per heavy atom. The molecule has 0 fully saturated rings. The van der Waals surface area contributed by atoms with Gasteiger partial charge in [-0.1, -0.05) is 50.0 Å². The molecule has 1 aromatic carbocycles. The van der Waals surface area contributed by atoms with Crippen molar-refractivity contribution in [1.29, 1.82) is 0 Å². The van der Waals surface area contributed by atoms with Crippen LogP contribution in [0.25, 0.3) is 0 Å². The summed E-state index contributed by atoms with van der Waals surface area (Å²) in [6.07, 6.45) is 1.40. The van der Waals surface area contributed by atoms with Crippen molar-refractivity contribution in [1.82, 2.24) is 5.32 Å². The third kappa shape index (κ3) is 10.2. The maximum atomic E-state index is 12.3. The van der Waals surface area contributed by atoms with Gasteiger partial charge in [0.2, 0.25) is 0 Å². The van der Waals surface area contributed by atoms with Gasteiger partial charge in [0.25, 0.3) is 0 Å². The number of carbonyl (C=O) groups excluding carboxylic acids is 2. The van der Waals surface area contributed by atoms with E-state index in [4.69, 9.17) is 15.2 Å². The molecule has 3 N–H and O–H groups in total. The summed E-state index contributed by atoms with van der Waals surface area (Å²) in [4.78, 5) is 24.4. The molecule has 0 heterocycles. The van der Waals surface area contributed by atoms with E-state index in [0.29, 0.717) is 19.6 Å². The van der Waals surface area contributed by atoms with E-state index in [1.807, 2.05) is 30.3 Å². The van der Waals surface area contributed by atoms with Gasteiger partial charge in [0.1, 0.15) is 12.6 Å². The van der Waals surface area contributed by atoms with Crippen molar-refractivity contribution in [3.63, 3.8) is 0 Å². The van der Waals surface area contributed by atoms with E-state index in [2.05, 4.69) is 25.0 Å². The summed E-state index contributed by atoms with van der Waals surface area (Å²) in [6.45, 7) is 7.77.